The fourth-order valence-electron chi connectivity index (χ4n) is 2.69. The van der Waals surface area contributed by atoms with Gasteiger partial charge in [-0.2, -0.15) is 5.10 Å². The van der Waals surface area contributed by atoms with E-state index in [9.17, 15) is 4.79 Å². The van der Waals surface area contributed by atoms with Crippen LogP contribution >= 0.6 is 0 Å². The van der Waals surface area contributed by atoms with Crippen LogP contribution in [0.25, 0.3) is 5.69 Å². The van der Waals surface area contributed by atoms with E-state index in [-0.39, 0.29) is 5.97 Å². The van der Waals surface area contributed by atoms with Crippen molar-refractivity contribution in [1.82, 2.24) is 9.78 Å². The third-order valence-corrected chi connectivity index (χ3v) is 3.85. The van der Waals surface area contributed by atoms with Gasteiger partial charge < -0.3 is 9.47 Å². The van der Waals surface area contributed by atoms with Gasteiger partial charge in [0, 0.05) is 0 Å². The molecule has 0 unspecified atom stereocenters. The molecule has 1 heterocycles. The molecule has 3 aromatic rings. The number of rotatable bonds is 7. The molecule has 0 bridgehead atoms. The minimum absolute atomic E-state index is 0.330. The van der Waals surface area contributed by atoms with Crippen LogP contribution in [0.3, 0.4) is 0 Å². The van der Waals surface area contributed by atoms with Crippen LogP contribution in [0.5, 0.6) is 0 Å². The lowest BCUT2D eigenvalue weighted by Crippen LogP contribution is -2.12. The Hall–Kier alpha value is -2.92. The molecule has 0 amide bonds. The van der Waals surface area contributed by atoms with Crippen molar-refractivity contribution in [3.8, 4) is 5.69 Å². The first kappa shape index (κ1) is 17.9. The minimum atomic E-state index is -0.376. The zero-order valence-corrected chi connectivity index (χ0v) is 15.0. The highest BCUT2D eigenvalue weighted by molar-refractivity contribution is 5.88. The second-order valence-corrected chi connectivity index (χ2v) is 5.95. The molecule has 0 aliphatic rings. The number of hydrogen-bond donors (Lipinski definition) is 0. The van der Waals surface area contributed by atoms with Gasteiger partial charge in [0.25, 0.3) is 0 Å². The first-order valence-corrected chi connectivity index (χ1v) is 8.62. The Morgan fingerprint density at radius 3 is 2.50 bits per heavy atom. The van der Waals surface area contributed by atoms with Crippen LogP contribution in [-0.2, 0) is 22.7 Å². The smallest absolute Gasteiger partial charge is 0.357 e. The Balaban J connectivity index is 1.74. The fraction of sp³-hybridized carbons (Fsp3) is 0.238. The number of carbonyl (C=O) groups excluding carboxylic acids is 1. The average Bonchev–Trinajstić information content (AvgIpc) is 3.05. The second kappa shape index (κ2) is 8.45. The summed E-state index contributed by atoms with van der Waals surface area (Å²) in [6, 6.07) is 19.6. The monoisotopic (exact) mass is 350 g/mol. The largest absolute Gasteiger partial charge is 0.461 e. The van der Waals surface area contributed by atoms with Gasteiger partial charge in [-0.3, -0.25) is 0 Å². The molecule has 5 nitrogen and oxygen atoms in total. The van der Waals surface area contributed by atoms with Crippen LogP contribution in [0.4, 0.5) is 0 Å². The van der Waals surface area contributed by atoms with Gasteiger partial charge >= 0.3 is 5.97 Å². The summed E-state index contributed by atoms with van der Waals surface area (Å²) in [6.45, 7) is 5.01. The van der Waals surface area contributed by atoms with E-state index in [0.29, 0.717) is 25.5 Å². The molecule has 26 heavy (non-hydrogen) atoms. The molecule has 0 N–H and O–H groups in total. The van der Waals surface area contributed by atoms with Crippen LogP contribution in [0.2, 0.25) is 0 Å². The number of nitrogens with zero attached hydrogens (tertiary/aromatic N) is 2. The molecular weight excluding hydrogens is 328 g/mol. The van der Waals surface area contributed by atoms with Crippen molar-refractivity contribution in [2.45, 2.75) is 27.1 Å². The maximum absolute atomic E-state index is 12.2. The first-order valence-electron chi connectivity index (χ1n) is 8.62. The number of benzene rings is 2. The van der Waals surface area contributed by atoms with E-state index in [0.717, 1.165) is 22.5 Å². The first-order chi connectivity index (χ1) is 12.7. The van der Waals surface area contributed by atoms with Gasteiger partial charge in [0.15, 0.2) is 5.69 Å². The zero-order chi connectivity index (χ0) is 18.4. The van der Waals surface area contributed by atoms with Gasteiger partial charge in [0.05, 0.1) is 31.2 Å². The molecule has 3 rings (SSSR count). The third-order valence-electron chi connectivity index (χ3n) is 3.85. The summed E-state index contributed by atoms with van der Waals surface area (Å²) in [6.07, 6.45) is 0. The maximum Gasteiger partial charge on any atom is 0.357 e. The van der Waals surface area contributed by atoms with Crippen molar-refractivity contribution < 1.29 is 14.3 Å². The van der Waals surface area contributed by atoms with E-state index < -0.39 is 0 Å². The standard InChI is InChI=1S/C21H22N2O3/c1-3-26-21(24)20-12-16(2)22-23(20)19-11-7-10-18(13-19)15-25-14-17-8-5-4-6-9-17/h4-13H,3,14-15H2,1-2H3. The van der Waals surface area contributed by atoms with Gasteiger partial charge in [-0.15, -0.1) is 0 Å². The van der Waals surface area contributed by atoms with Crippen LogP contribution in [-0.4, -0.2) is 22.4 Å². The highest BCUT2D eigenvalue weighted by Crippen LogP contribution is 2.16. The normalized spacial score (nSPS) is 10.7. The predicted molar refractivity (Wildman–Crippen MR) is 99.2 cm³/mol. The Morgan fingerprint density at radius 1 is 1.00 bits per heavy atom. The molecule has 1 aromatic heterocycles. The molecule has 5 heteroatoms. The van der Waals surface area contributed by atoms with E-state index in [1.807, 2.05) is 61.5 Å². The summed E-state index contributed by atoms with van der Waals surface area (Å²) in [5.41, 5.74) is 4.14. The van der Waals surface area contributed by atoms with E-state index in [1.165, 1.54) is 0 Å². The van der Waals surface area contributed by atoms with Gasteiger partial charge in [-0.05, 0) is 43.2 Å². The topological polar surface area (TPSA) is 53.3 Å². The van der Waals surface area contributed by atoms with Crippen LogP contribution in [0, 0.1) is 6.92 Å². The molecule has 0 aliphatic carbocycles. The lowest BCUT2D eigenvalue weighted by Gasteiger charge is -2.09. The number of aromatic nitrogens is 2. The van der Waals surface area contributed by atoms with Gasteiger partial charge in [0.2, 0.25) is 0 Å². The minimum Gasteiger partial charge on any atom is -0.461 e. The summed E-state index contributed by atoms with van der Waals surface area (Å²) in [5, 5.41) is 4.43. The number of esters is 1. The summed E-state index contributed by atoms with van der Waals surface area (Å²) < 4.78 is 12.5. The molecule has 0 saturated carbocycles. The van der Waals surface area contributed by atoms with Crippen molar-refractivity contribution in [3.05, 3.63) is 83.2 Å². The molecule has 0 radical (unpaired) electrons. The Labute approximate surface area is 153 Å². The SMILES string of the molecule is CCOC(=O)c1cc(C)nn1-c1cccc(COCc2ccccc2)c1. The fourth-order valence-corrected chi connectivity index (χ4v) is 2.69. The Kier molecular flexibility index (Phi) is 5.81. The summed E-state index contributed by atoms with van der Waals surface area (Å²) >= 11 is 0. The van der Waals surface area contributed by atoms with E-state index >= 15 is 0 Å². The number of ether oxygens (including phenoxy) is 2. The second-order valence-electron chi connectivity index (χ2n) is 5.95. The summed E-state index contributed by atoms with van der Waals surface area (Å²) in [4.78, 5) is 12.2. The maximum atomic E-state index is 12.2. The molecule has 0 saturated heterocycles. The van der Waals surface area contributed by atoms with Crippen molar-refractivity contribution in [2.24, 2.45) is 0 Å². The van der Waals surface area contributed by atoms with Gasteiger partial charge in [-0.1, -0.05) is 42.5 Å². The lowest BCUT2D eigenvalue weighted by molar-refractivity contribution is 0.0515. The third kappa shape index (κ3) is 4.37. The summed E-state index contributed by atoms with van der Waals surface area (Å²) in [5.74, 6) is -0.376. The van der Waals surface area contributed by atoms with Gasteiger partial charge in [0.1, 0.15) is 0 Å². The van der Waals surface area contributed by atoms with E-state index in [4.69, 9.17) is 9.47 Å². The Morgan fingerprint density at radius 2 is 1.73 bits per heavy atom. The average molecular weight is 350 g/mol. The number of carbonyl (C=O) groups is 1. The molecule has 2 aromatic carbocycles. The molecule has 0 fully saturated rings. The number of aryl methyl sites for hydroxylation is 1. The van der Waals surface area contributed by atoms with Crippen LogP contribution < -0.4 is 0 Å². The predicted octanol–water partition coefficient (Wildman–Crippen LogP) is 4.07. The molecular formula is C21H22N2O3. The summed E-state index contributed by atoms with van der Waals surface area (Å²) in [7, 11) is 0. The van der Waals surface area contributed by atoms with Crippen molar-refractivity contribution in [1.29, 1.82) is 0 Å². The van der Waals surface area contributed by atoms with E-state index in [2.05, 4.69) is 5.10 Å². The quantitative estimate of drug-likeness (QED) is 0.603. The highest BCUT2D eigenvalue weighted by Gasteiger charge is 2.16. The van der Waals surface area contributed by atoms with Gasteiger partial charge in [-0.25, -0.2) is 9.48 Å². The van der Waals surface area contributed by atoms with Crippen LogP contribution in [0.1, 0.15) is 34.2 Å². The van der Waals surface area contributed by atoms with Crippen molar-refractivity contribution >= 4 is 5.97 Å². The van der Waals surface area contributed by atoms with Crippen molar-refractivity contribution in [3.63, 3.8) is 0 Å². The van der Waals surface area contributed by atoms with E-state index in [1.54, 1.807) is 17.7 Å². The van der Waals surface area contributed by atoms with Crippen molar-refractivity contribution in [2.75, 3.05) is 6.61 Å². The zero-order valence-electron chi connectivity index (χ0n) is 15.0. The molecule has 0 atom stereocenters. The lowest BCUT2D eigenvalue weighted by atomic mass is 10.2. The number of hydrogen-bond acceptors (Lipinski definition) is 4. The highest BCUT2D eigenvalue weighted by atomic mass is 16.5. The molecule has 134 valence electrons. The Bertz CT molecular complexity index is 872. The van der Waals surface area contributed by atoms with Crippen LogP contribution in [0.15, 0.2) is 60.7 Å². The molecule has 0 spiro atoms. The molecule has 0 aliphatic heterocycles.